The molecule has 122 valence electrons. The quantitative estimate of drug-likeness (QED) is 0.511. The lowest BCUT2D eigenvalue weighted by molar-refractivity contribution is 0.102. The highest BCUT2D eigenvalue weighted by Crippen LogP contribution is 2.39. The minimum atomic E-state index is -0.320. The van der Waals surface area contributed by atoms with Crippen LogP contribution in [0, 0.1) is 0 Å². The molecule has 0 unspecified atom stereocenters. The number of hydrogen-bond acceptors (Lipinski definition) is 2. The summed E-state index contributed by atoms with van der Waals surface area (Å²) in [5, 5.41) is 3.66. The van der Waals surface area contributed by atoms with Crippen LogP contribution in [0.1, 0.15) is 26.3 Å². The molecule has 0 radical (unpaired) electrons. The first-order valence-electron chi connectivity index (χ1n) is 7.59. The Balaban J connectivity index is 1.79. The molecule has 0 heterocycles. The molecule has 1 amide bonds. The van der Waals surface area contributed by atoms with Gasteiger partial charge in [-0.3, -0.25) is 9.59 Å². The Morgan fingerprint density at radius 3 is 2.16 bits per heavy atom. The van der Waals surface area contributed by atoms with Crippen LogP contribution < -0.4 is 5.32 Å². The van der Waals surface area contributed by atoms with Crippen molar-refractivity contribution in [2.75, 3.05) is 5.32 Å². The summed E-state index contributed by atoms with van der Waals surface area (Å²) in [5.74, 6) is -0.384. The number of anilines is 1. The molecule has 3 nitrogen and oxygen atoms in total. The Morgan fingerprint density at radius 2 is 1.44 bits per heavy atom. The summed E-state index contributed by atoms with van der Waals surface area (Å²) >= 11 is 12.0. The fourth-order valence-electron chi connectivity index (χ4n) is 3.09. The summed E-state index contributed by atoms with van der Waals surface area (Å²) in [6.07, 6.45) is 0. The predicted octanol–water partition coefficient (Wildman–Crippen LogP) is 5.46. The Morgan fingerprint density at radius 1 is 0.800 bits per heavy atom. The Labute approximate surface area is 154 Å². The maximum atomic E-state index is 12.8. The normalized spacial score (nSPS) is 11.8. The van der Waals surface area contributed by atoms with Crippen molar-refractivity contribution in [2.24, 2.45) is 0 Å². The SMILES string of the molecule is O=C(Nc1cc(Cl)cc(Cl)c1)c1cccc2c1-c1ccccc1C2=O. The number of ketones is 1. The van der Waals surface area contributed by atoms with Gasteiger partial charge in [-0.15, -0.1) is 0 Å². The number of nitrogens with one attached hydrogen (secondary N) is 1. The molecule has 0 bridgehead atoms. The molecule has 1 aliphatic rings. The van der Waals surface area contributed by atoms with E-state index in [1.54, 1.807) is 42.5 Å². The highest BCUT2D eigenvalue weighted by atomic mass is 35.5. The van der Waals surface area contributed by atoms with E-state index in [1.807, 2.05) is 18.2 Å². The summed E-state index contributed by atoms with van der Waals surface area (Å²) in [5.41, 5.74) is 3.53. The van der Waals surface area contributed by atoms with Crippen LogP contribution in [0.3, 0.4) is 0 Å². The molecule has 3 aromatic rings. The first-order valence-corrected chi connectivity index (χ1v) is 8.35. The molecule has 0 aromatic heterocycles. The van der Waals surface area contributed by atoms with Crippen LogP contribution in [0.15, 0.2) is 60.7 Å². The number of rotatable bonds is 2. The van der Waals surface area contributed by atoms with E-state index < -0.39 is 0 Å². The second-order valence-corrected chi connectivity index (χ2v) is 6.59. The van der Waals surface area contributed by atoms with Gasteiger partial charge < -0.3 is 5.32 Å². The fourth-order valence-corrected chi connectivity index (χ4v) is 3.62. The highest BCUT2D eigenvalue weighted by Gasteiger charge is 2.30. The summed E-state index contributed by atoms with van der Waals surface area (Å²) in [7, 11) is 0. The van der Waals surface area contributed by atoms with Crippen LogP contribution >= 0.6 is 23.2 Å². The summed E-state index contributed by atoms with van der Waals surface area (Å²) in [6.45, 7) is 0. The Kier molecular flexibility index (Phi) is 3.83. The van der Waals surface area contributed by atoms with E-state index in [0.717, 1.165) is 5.56 Å². The zero-order chi connectivity index (χ0) is 17.6. The molecule has 25 heavy (non-hydrogen) atoms. The third-order valence-corrected chi connectivity index (χ3v) is 4.55. The number of carbonyl (C=O) groups excluding carboxylic acids is 2. The molecular weight excluding hydrogens is 357 g/mol. The average molecular weight is 368 g/mol. The van der Waals surface area contributed by atoms with Crippen LogP contribution in [0.4, 0.5) is 5.69 Å². The van der Waals surface area contributed by atoms with Crippen molar-refractivity contribution in [3.05, 3.63) is 87.4 Å². The number of hydrogen-bond donors (Lipinski definition) is 1. The summed E-state index contributed by atoms with van der Waals surface area (Å²) in [4.78, 5) is 25.3. The minimum Gasteiger partial charge on any atom is -0.322 e. The molecule has 1 aliphatic carbocycles. The van der Waals surface area contributed by atoms with Gasteiger partial charge in [0.2, 0.25) is 0 Å². The van der Waals surface area contributed by atoms with E-state index in [0.29, 0.717) is 38.0 Å². The van der Waals surface area contributed by atoms with E-state index in [4.69, 9.17) is 23.2 Å². The zero-order valence-electron chi connectivity index (χ0n) is 12.8. The molecule has 3 aromatic carbocycles. The van der Waals surface area contributed by atoms with Crippen LogP contribution in [-0.4, -0.2) is 11.7 Å². The Bertz CT molecular complexity index is 1020. The minimum absolute atomic E-state index is 0.0638. The van der Waals surface area contributed by atoms with Gasteiger partial charge in [0, 0.05) is 38.0 Å². The van der Waals surface area contributed by atoms with Crippen LogP contribution in [0.25, 0.3) is 11.1 Å². The van der Waals surface area contributed by atoms with Crippen LogP contribution in [0.5, 0.6) is 0 Å². The van der Waals surface area contributed by atoms with Gasteiger partial charge in [0.1, 0.15) is 0 Å². The van der Waals surface area contributed by atoms with Crippen molar-refractivity contribution >= 4 is 40.6 Å². The van der Waals surface area contributed by atoms with Gasteiger partial charge >= 0.3 is 0 Å². The topological polar surface area (TPSA) is 46.2 Å². The lowest BCUT2D eigenvalue weighted by Gasteiger charge is -2.10. The third kappa shape index (κ3) is 2.72. The van der Waals surface area contributed by atoms with Gasteiger partial charge in [-0.05, 0) is 29.8 Å². The van der Waals surface area contributed by atoms with Gasteiger partial charge in [-0.2, -0.15) is 0 Å². The smallest absolute Gasteiger partial charge is 0.256 e. The molecule has 0 saturated carbocycles. The lowest BCUT2D eigenvalue weighted by Crippen LogP contribution is -2.13. The summed E-state index contributed by atoms with van der Waals surface area (Å²) in [6, 6.07) is 17.3. The highest BCUT2D eigenvalue weighted by molar-refractivity contribution is 6.35. The molecule has 0 spiro atoms. The van der Waals surface area contributed by atoms with Gasteiger partial charge in [0.05, 0.1) is 0 Å². The van der Waals surface area contributed by atoms with E-state index in [-0.39, 0.29) is 11.7 Å². The fraction of sp³-hybridized carbons (Fsp3) is 0. The average Bonchev–Trinajstić information content (AvgIpc) is 2.87. The van der Waals surface area contributed by atoms with E-state index in [1.165, 1.54) is 0 Å². The number of benzene rings is 3. The second kappa shape index (κ2) is 6.03. The predicted molar refractivity (Wildman–Crippen MR) is 99.7 cm³/mol. The largest absolute Gasteiger partial charge is 0.322 e. The monoisotopic (exact) mass is 367 g/mol. The van der Waals surface area contributed by atoms with Gasteiger partial charge in [-0.25, -0.2) is 0 Å². The number of halogens is 2. The van der Waals surface area contributed by atoms with Crippen molar-refractivity contribution in [2.45, 2.75) is 0 Å². The maximum Gasteiger partial charge on any atom is 0.256 e. The molecule has 0 saturated heterocycles. The van der Waals surface area contributed by atoms with Crippen molar-refractivity contribution in [3.8, 4) is 11.1 Å². The van der Waals surface area contributed by atoms with E-state index in [2.05, 4.69) is 5.32 Å². The first-order chi connectivity index (χ1) is 12.0. The van der Waals surface area contributed by atoms with E-state index >= 15 is 0 Å². The molecule has 0 fully saturated rings. The molecule has 0 atom stereocenters. The molecule has 5 heteroatoms. The molecular formula is C20H11Cl2NO2. The summed E-state index contributed by atoms with van der Waals surface area (Å²) < 4.78 is 0. The lowest BCUT2D eigenvalue weighted by atomic mass is 9.99. The van der Waals surface area contributed by atoms with E-state index in [9.17, 15) is 9.59 Å². The zero-order valence-corrected chi connectivity index (χ0v) is 14.4. The molecule has 4 rings (SSSR count). The van der Waals surface area contributed by atoms with Gasteiger partial charge in [-0.1, -0.05) is 59.6 Å². The third-order valence-electron chi connectivity index (χ3n) is 4.12. The van der Waals surface area contributed by atoms with Crippen molar-refractivity contribution in [1.29, 1.82) is 0 Å². The van der Waals surface area contributed by atoms with Crippen molar-refractivity contribution in [3.63, 3.8) is 0 Å². The van der Waals surface area contributed by atoms with Crippen molar-refractivity contribution < 1.29 is 9.59 Å². The molecule has 0 aliphatic heterocycles. The molecule has 1 N–H and O–H groups in total. The van der Waals surface area contributed by atoms with Crippen LogP contribution in [-0.2, 0) is 0 Å². The van der Waals surface area contributed by atoms with Gasteiger partial charge in [0.25, 0.3) is 5.91 Å². The van der Waals surface area contributed by atoms with Crippen LogP contribution in [0.2, 0.25) is 10.0 Å². The number of amides is 1. The number of carbonyl (C=O) groups is 2. The van der Waals surface area contributed by atoms with Gasteiger partial charge in [0.15, 0.2) is 5.78 Å². The standard InChI is InChI=1S/C20H11Cl2NO2/c21-11-8-12(22)10-13(9-11)23-20(25)17-7-3-6-16-18(17)14-4-1-2-5-15(14)19(16)24/h1-10H,(H,23,25). The maximum absolute atomic E-state index is 12.8. The Hall–Kier alpha value is -2.62. The number of fused-ring (bicyclic) bond motifs is 3. The second-order valence-electron chi connectivity index (χ2n) is 5.72. The van der Waals surface area contributed by atoms with Crippen molar-refractivity contribution in [1.82, 2.24) is 0 Å². The first kappa shape index (κ1) is 15.9.